The second-order valence-electron chi connectivity index (χ2n) is 6.31. The summed E-state index contributed by atoms with van der Waals surface area (Å²) in [5, 5.41) is 15.5. The van der Waals surface area contributed by atoms with Gasteiger partial charge in [0.25, 0.3) is 0 Å². The average Bonchev–Trinajstić information content (AvgIpc) is 2.78. The van der Waals surface area contributed by atoms with Crippen LogP contribution in [0.3, 0.4) is 0 Å². The van der Waals surface area contributed by atoms with E-state index in [1.807, 2.05) is 49.4 Å². The zero-order valence-electron chi connectivity index (χ0n) is 18.1. The number of methoxy groups -OCH3 is 1. The van der Waals surface area contributed by atoms with E-state index in [0.717, 1.165) is 23.4 Å². The van der Waals surface area contributed by atoms with E-state index in [1.54, 1.807) is 13.2 Å². The summed E-state index contributed by atoms with van der Waals surface area (Å²) >= 11 is 0. The Kier molecular flexibility index (Phi) is 13.2. The van der Waals surface area contributed by atoms with Gasteiger partial charge in [0.1, 0.15) is 19.0 Å². The number of benzene rings is 2. The molecule has 0 radical (unpaired) electrons. The van der Waals surface area contributed by atoms with Crippen LogP contribution in [-0.4, -0.2) is 44.5 Å². The van der Waals surface area contributed by atoms with Crippen molar-refractivity contribution in [3.8, 4) is 17.2 Å². The number of aliphatic imine (C=N–C) groups is 1. The van der Waals surface area contributed by atoms with Crippen molar-refractivity contribution in [2.75, 3.05) is 33.5 Å². The number of para-hydroxylation sites is 1. The molecular formula is C23H32IN3O4. The number of aliphatic hydroxyl groups is 1. The van der Waals surface area contributed by atoms with Crippen molar-refractivity contribution in [2.45, 2.75) is 20.0 Å². The number of halogens is 1. The van der Waals surface area contributed by atoms with Crippen LogP contribution in [0.1, 0.15) is 18.1 Å². The molecule has 7 nitrogen and oxygen atoms in total. The molecular weight excluding hydrogens is 509 g/mol. The molecule has 3 N–H and O–H groups in total. The lowest BCUT2D eigenvalue weighted by atomic mass is 10.2. The van der Waals surface area contributed by atoms with E-state index in [2.05, 4.69) is 22.2 Å². The van der Waals surface area contributed by atoms with Crippen molar-refractivity contribution in [1.29, 1.82) is 0 Å². The van der Waals surface area contributed by atoms with Crippen LogP contribution in [0.25, 0.3) is 0 Å². The first-order valence-corrected chi connectivity index (χ1v) is 9.96. The van der Waals surface area contributed by atoms with E-state index < -0.39 is 0 Å². The Labute approximate surface area is 201 Å². The maximum atomic E-state index is 8.92. The highest BCUT2D eigenvalue weighted by Crippen LogP contribution is 2.28. The number of guanidine groups is 1. The molecule has 0 atom stereocenters. The predicted octanol–water partition coefficient (Wildman–Crippen LogP) is 3.50. The topological polar surface area (TPSA) is 84.3 Å². The lowest BCUT2D eigenvalue weighted by Gasteiger charge is -2.14. The van der Waals surface area contributed by atoms with Gasteiger partial charge in [0.15, 0.2) is 17.5 Å². The molecule has 0 saturated heterocycles. The first-order chi connectivity index (χ1) is 14.7. The van der Waals surface area contributed by atoms with Crippen molar-refractivity contribution < 1.29 is 19.3 Å². The highest BCUT2D eigenvalue weighted by Gasteiger charge is 2.07. The number of rotatable bonds is 12. The molecule has 8 heteroatoms. The molecule has 170 valence electrons. The normalized spacial score (nSPS) is 10.6. The van der Waals surface area contributed by atoms with Crippen LogP contribution < -0.4 is 24.8 Å². The van der Waals surface area contributed by atoms with Gasteiger partial charge in [0.05, 0.1) is 20.3 Å². The summed E-state index contributed by atoms with van der Waals surface area (Å²) in [5.41, 5.74) is 2.02. The number of hydrogen-bond donors (Lipinski definition) is 3. The minimum Gasteiger partial charge on any atom is -0.493 e. The van der Waals surface area contributed by atoms with Crippen molar-refractivity contribution in [2.24, 2.45) is 4.99 Å². The van der Waals surface area contributed by atoms with Crippen LogP contribution in [0, 0.1) is 0 Å². The summed E-state index contributed by atoms with van der Waals surface area (Å²) in [4.78, 5) is 4.66. The minimum absolute atomic E-state index is 0. The van der Waals surface area contributed by atoms with Gasteiger partial charge in [-0.15, -0.1) is 24.0 Å². The summed E-state index contributed by atoms with van der Waals surface area (Å²) in [7, 11) is 1.59. The van der Waals surface area contributed by atoms with Crippen molar-refractivity contribution >= 4 is 29.9 Å². The van der Waals surface area contributed by atoms with Crippen molar-refractivity contribution in [3.05, 3.63) is 66.2 Å². The quantitative estimate of drug-likeness (QED) is 0.165. The van der Waals surface area contributed by atoms with Crippen LogP contribution in [0.5, 0.6) is 17.2 Å². The molecule has 0 saturated carbocycles. The molecule has 0 heterocycles. The Morgan fingerprint density at radius 1 is 1.10 bits per heavy atom. The number of nitrogens with one attached hydrogen (secondary N) is 2. The zero-order valence-corrected chi connectivity index (χ0v) is 20.4. The SMILES string of the molecule is C=CCOc1ccccc1CNC(=NCc1ccc(OCCO)c(OC)c1)NCC.I. The predicted molar refractivity (Wildman–Crippen MR) is 135 cm³/mol. The van der Waals surface area contributed by atoms with Crippen LogP contribution in [0.4, 0.5) is 0 Å². The number of nitrogens with zero attached hydrogens (tertiary/aromatic N) is 1. The van der Waals surface area contributed by atoms with Gasteiger partial charge in [0, 0.05) is 18.7 Å². The van der Waals surface area contributed by atoms with Gasteiger partial charge in [-0.25, -0.2) is 4.99 Å². The Bertz CT molecular complexity index is 830. The molecule has 2 aromatic rings. The fraction of sp³-hybridized carbons (Fsp3) is 0.348. The second kappa shape index (κ2) is 15.4. The first-order valence-electron chi connectivity index (χ1n) is 9.96. The lowest BCUT2D eigenvalue weighted by Crippen LogP contribution is -2.36. The molecule has 0 aliphatic heterocycles. The largest absolute Gasteiger partial charge is 0.493 e. The summed E-state index contributed by atoms with van der Waals surface area (Å²) in [6, 6.07) is 13.5. The van der Waals surface area contributed by atoms with Crippen LogP contribution in [0.2, 0.25) is 0 Å². The van der Waals surface area contributed by atoms with Crippen LogP contribution >= 0.6 is 24.0 Å². The number of aliphatic hydroxyl groups excluding tert-OH is 1. The fourth-order valence-corrected chi connectivity index (χ4v) is 2.72. The summed E-state index contributed by atoms with van der Waals surface area (Å²) in [6.45, 7) is 8.15. The number of ether oxygens (including phenoxy) is 3. The van der Waals surface area contributed by atoms with E-state index in [4.69, 9.17) is 19.3 Å². The monoisotopic (exact) mass is 541 g/mol. The number of hydrogen-bond acceptors (Lipinski definition) is 5. The minimum atomic E-state index is -0.0470. The second-order valence-corrected chi connectivity index (χ2v) is 6.31. The molecule has 31 heavy (non-hydrogen) atoms. The fourth-order valence-electron chi connectivity index (χ4n) is 2.72. The molecule has 2 aromatic carbocycles. The molecule has 0 aliphatic carbocycles. The van der Waals surface area contributed by atoms with E-state index >= 15 is 0 Å². The van der Waals surface area contributed by atoms with E-state index in [1.165, 1.54) is 0 Å². The van der Waals surface area contributed by atoms with Gasteiger partial charge in [-0.1, -0.05) is 36.9 Å². The smallest absolute Gasteiger partial charge is 0.191 e. The Morgan fingerprint density at radius 2 is 1.90 bits per heavy atom. The Hall–Kier alpha value is -2.46. The maximum absolute atomic E-state index is 8.92. The molecule has 0 spiro atoms. The third-order valence-corrected chi connectivity index (χ3v) is 4.12. The zero-order chi connectivity index (χ0) is 21.6. The van der Waals surface area contributed by atoms with Gasteiger partial charge < -0.3 is 30.0 Å². The summed E-state index contributed by atoms with van der Waals surface area (Å²) in [6.07, 6.45) is 1.73. The van der Waals surface area contributed by atoms with E-state index in [-0.39, 0.29) is 37.2 Å². The standard InChI is InChI=1S/C23H31N3O4.HI/c1-4-13-29-20-9-7-6-8-19(20)17-26-23(24-5-2)25-16-18-10-11-21(30-14-12-27)22(15-18)28-3;/h4,6-11,15,27H,1,5,12-14,16-17H2,2-3H3,(H2,24,25,26);1H. The highest BCUT2D eigenvalue weighted by atomic mass is 127. The van der Waals surface area contributed by atoms with Gasteiger partial charge >= 0.3 is 0 Å². The van der Waals surface area contributed by atoms with Gasteiger partial charge in [-0.2, -0.15) is 0 Å². The third kappa shape index (κ3) is 9.06. The first kappa shape index (κ1) is 26.6. The van der Waals surface area contributed by atoms with Gasteiger partial charge in [-0.3, -0.25) is 0 Å². The summed E-state index contributed by atoms with van der Waals surface area (Å²) in [5.74, 6) is 2.74. The molecule has 0 amide bonds. The molecule has 2 rings (SSSR count). The third-order valence-electron chi connectivity index (χ3n) is 4.12. The van der Waals surface area contributed by atoms with Gasteiger partial charge in [-0.05, 0) is 30.7 Å². The molecule has 0 aliphatic rings. The average molecular weight is 541 g/mol. The van der Waals surface area contributed by atoms with Crippen molar-refractivity contribution in [3.63, 3.8) is 0 Å². The highest BCUT2D eigenvalue weighted by molar-refractivity contribution is 14.0. The molecule has 0 fully saturated rings. The van der Waals surface area contributed by atoms with Crippen LogP contribution in [-0.2, 0) is 13.1 Å². The van der Waals surface area contributed by atoms with Crippen LogP contribution in [0.15, 0.2) is 60.1 Å². The van der Waals surface area contributed by atoms with Gasteiger partial charge in [0.2, 0.25) is 0 Å². The Balaban J connectivity index is 0.00000480. The Morgan fingerprint density at radius 3 is 2.61 bits per heavy atom. The molecule has 0 bridgehead atoms. The molecule has 0 unspecified atom stereocenters. The van der Waals surface area contributed by atoms with E-state index in [0.29, 0.717) is 37.2 Å². The molecule has 0 aromatic heterocycles. The lowest BCUT2D eigenvalue weighted by molar-refractivity contribution is 0.196. The van der Waals surface area contributed by atoms with Crippen molar-refractivity contribution in [1.82, 2.24) is 10.6 Å². The summed E-state index contributed by atoms with van der Waals surface area (Å²) < 4.78 is 16.6. The van der Waals surface area contributed by atoms with E-state index in [9.17, 15) is 0 Å². The maximum Gasteiger partial charge on any atom is 0.191 e.